The molecule has 0 aliphatic carbocycles. The molecule has 29 heavy (non-hydrogen) atoms. The fourth-order valence-corrected chi connectivity index (χ4v) is 3.03. The molecule has 1 aliphatic rings. The number of nitrogens with zero attached hydrogens (tertiary/aromatic N) is 4. The van der Waals surface area contributed by atoms with Crippen LogP contribution in [-0.2, 0) is 6.42 Å². The first-order chi connectivity index (χ1) is 13.7. The number of non-ortho nitro benzene ring substituents is 1. The molecule has 0 bridgehead atoms. The van der Waals surface area contributed by atoms with Gasteiger partial charge < -0.3 is 10.0 Å². The Morgan fingerprint density at radius 1 is 0.897 bits per heavy atom. The molecule has 0 atom stereocenters. The zero-order valence-electron chi connectivity index (χ0n) is 15.7. The van der Waals surface area contributed by atoms with Gasteiger partial charge >= 0.3 is 11.4 Å². The van der Waals surface area contributed by atoms with Crippen LogP contribution in [0.1, 0.15) is 24.8 Å². The van der Waals surface area contributed by atoms with Crippen LogP contribution < -0.4 is 4.90 Å². The Bertz CT molecular complexity index is 897. The number of hydrogen-bond donors (Lipinski definition) is 1. The first-order valence-electron chi connectivity index (χ1n) is 8.81. The summed E-state index contributed by atoms with van der Waals surface area (Å²) in [4.78, 5) is 30.2. The summed E-state index contributed by atoms with van der Waals surface area (Å²) in [6, 6.07) is 9.67. The van der Waals surface area contributed by atoms with Gasteiger partial charge in [-0.1, -0.05) is 24.6 Å². The van der Waals surface area contributed by atoms with E-state index in [1.165, 1.54) is 43.5 Å². The molecule has 0 saturated carbocycles. The van der Waals surface area contributed by atoms with Crippen molar-refractivity contribution in [3.8, 4) is 5.75 Å². The van der Waals surface area contributed by atoms with E-state index in [1.54, 1.807) is 0 Å². The van der Waals surface area contributed by atoms with Gasteiger partial charge in [0, 0.05) is 19.3 Å². The molecule has 0 unspecified atom stereocenters. The van der Waals surface area contributed by atoms with Crippen molar-refractivity contribution in [1.82, 2.24) is 0 Å². The van der Waals surface area contributed by atoms with Gasteiger partial charge in [-0.15, -0.1) is 0 Å². The van der Waals surface area contributed by atoms with Crippen molar-refractivity contribution in [1.29, 1.82) is 0 Å². The molecule has 1 N–H and O–H groups in total. The fraction of sp³-hybridized carbons (Fsp3) is 0.333. The number of phenolic OH excluding ortho intramolecular Hbond substituents is 1. The lowest BCUT2D eigenvalue weighted by Crippen LogP contribution is -2.21. The second-order valence-corrected chi connectivity index (χ2v) is 6.46. The van der Waals surface area contributed by atoms with Crippen molar-refractivity contribution in [2.75, 3.05) is 18.5 Å². The number of nitro benzene ring substituents is 3. The first-order valence-corrected chi connectivity index (χ1v) is 8.81. The van der Waals surface area contributed by atoms with Gasteiger partial charge in [0.25, 0.3) is 11.4 Å². The molecule has 0 amide bonds. The zero-order chi connectivity index (χ0) is 21.6. The highest BCUT2D eigenvalue weighted by Gasteiger charge is 2.30. The van der Waals surface area contributed by atoms with Gasteiger partial charge in [0.15, 0.2) is 0 Å². The van der Waals surface area contributed by atoms with Crippen molar-refractivity contribution in [3.05, 3.63) is 72.3 Å². The maximum absolute atomic E-state index is 10.4. The highest BCUT2D eigenvalue weighted by Crippen LogP contribution is 2.38. The molecular formula is C18H20N4O7. The van der Waals surface area contributed by atoms with Gasteiger partial charge in [-0.2, -0.15) is 0 Å². The van der Waals surface area contributed by atoms with E-state index in [2.05, 4.69) is 36.2 Å². The van der Waals surface area contributed by atoms with Crippen molar-refractivity contribution < 1.29 is 19.9 Å². The van der Waals surface area contributed by atoms with E-state index in [0.29, 0.717) is 12.1 Å². The van der Waals surface area contributed by atoms with E-state index in [0.717, 1.165) is 0 Å². The maximum Gasteiger partial charge on any atom is 0.324 e. The number of para-hydroxylation sites is 1. The molecule has 0 aromatic heterocycles. The van der Waals surface area contributed by atoms with Crippen molar-refractivity contribution in [2.24, 2.45) is 0 Å². The molecule has 3 rings (SSSR count). The standard InChI is InChI=1S/C12H17N.C6H3N3O7/c1-13-10-6-2-3-7-11-8-4-5-9-12(11)13;10-6-4(8(13)14)1-3(7(11)12)2-5(6)9(15)16/h4-5,8-9H,2-3,6-7,10H2,1H3;1-2,10H. The van der Waals surface area contributed by atoms with E-state index < -0.39 is 37.6 Å². The molecule has 1 heterocycles. The summed E-state index contributed by atoms with van der Waals surface area (Å²) < 4.78 is 0. The highest BCUT2D eigenvalue weighted by atomic mass is 16.6. The SMILES string of the molecule is CN1CCCCCc2ccccc21.O=[N+]([O-])c1cc([N+](=O)[O-])c(O)c([N+](=O)[O-])c1. The molecule has 0 spiro atoms. The normalized spacial score (nSPS) is 13.2. The third kappa shape index (κ3) is 5.37. The molecule has 11 nitrogen and oxygen atoms in total. The first kappa shape index (κ1) is 21.5. The van der Waals surface area contributed by atoms with Crippen LogP contribution in [0.15, 0.2) is 36.4 Å². The van der Waals surface area contributed by atoms with E-state index in [4.69, 9.17) is 5.11 Å². The smallest absolute Gasteiger partial charge is 0.324 e. The van der Waals surface area contributed by atoms with Crippen LogP contribution in [0.2, 0.25) is 0 Å². The van der Waals surface area contributed by atoms with Crippen LogP contribution in [-0.4, -0.2) is 33.5 Å². The van der Waals surface area contributed by atoms with E-state index in [1.807, 2.05) is 0 Å². The highest BCUT2D eigenvalue weighted by molar-refractivity contribution is 5.64. The average molecular weight is 404 g/mol. The number of nitro groups is 3. The van der Waals surface area contributed by atoms with Gasteiger partial charge in [-0.25, -0.2) is 0 Å². The maximum atomic E-state index is 10.4. The number of rotatable bonds is 3. The van der Waals surface area contributed by atoms with Crippen LogP contribution in [0, 0.1) is 30.3 Å². The fourth-order valence-electron chi connectivity index (χ4n) is 3.03. The molecule has 1 aliphatic heterocycles. The molecule has 2 aromatic rings. The predicted octanol–water partition coefficient (Wildman–Crippen LogP) is 3.97. The predicted molar refractivity (Wildman–Crippen MR) is 105 cm³/mol. The Kier molecular flexibility index (Phi) is 7.01. The summed E-state index contributed by atoms with van der Waals surface area (Å²) in [7, 11) is 2.20. The molecular weight excluding hydrogens is 384 g/mol. The number of aryl methyl sites for hydroxylation is 1. The number of benzene rings is 2. The van der Waals surface area contributed by atoms with Crippen molar-refractivity contribution >= 4 is 22.7 Å². The summed E-state index contributed by atoms with van der Waals surface area (Å²) in [6.07, 6.45) is 5.31. The minimum atomic E-state index is -1.21. The Labute approximate surface area is 165 Å². The Hall–Kier alpha value is -3.76. The van der Waals surface area contributed by atoms with Crippen molar-refractivity contribution in [3.63, 3.8) is 0 Å². The zero-order valence-corrected chi connectivity index (χ0v) is 15.7. The van der Waals surface area contributed by atoms with Crippen LogP contribution in [0.4, 0.5) is 22.7 Å². The van der Waals surface area contributed by atoms with Crippen LogP contribution in [0.5, 0.6) is 5.75 Å². The summed E-state index contributed by atoms with van der Waals surface area (Å²) in [6.45, 7) is 1.21. The van der Waals surface area contributed by atoms with Crippen LogP contribution in [0.25, 0.3) is 0 Å². The monoisotopic (exact) mass is 404 g/mol. The quantitative estimate of drug-likeness (QED) is 0.595. The number of anilines is 1. The van der Waals surface area contributed by atoms with E-state index in [-0.39, 0.29) is 0 Å². The van der Waals surface area contributed by atoms with Crippen LogP contribution in [0.3, 0.4) is 0 Å². The third-order valence-corrected chi connectivity index (χ3v) is 4.50. The third-order valence-electron chi connectivity index (χ3n) is 4.50. The Morgan fingerprint density at radius 2 is 1.48 bits per heavy atom. The molecule has 0 radical (unpaired) electrons. The lowest BCUT2D eigenvalue weighted by atomic mass is 10.0. The van der Waals surface area contributed by atoms with Gasteiger partial charge in [-0.3, -0.25) is 30.3 Å². The number of phenols is 1. The largest absolute Gasteiger partial charge is 0.497 e. The number of hydrogen-bond acceptors (Lipinski definition) is 8. The summed E-state index contributed by atoms with van der Waals surface area (Å²) in [5.74, 6) is -1.21. The molecule has 154 valence electrons. The summed E-state index contributed by atoms with van der Waals surface area (Å²) >= 11 is 0. The summed E-state index contributed by atoms with van der Waals surface area (Å²) in [5.41, 5.74) is -0.0510. The lowest BCUT2D eigenvalue weighted by Gasteiger charge is -2.24. The second-order valence-electron chi connectivity index (χ2n) is 6.46. The van der Waals surface area contributed by atoms with Gasteiger partial charge in [0.05, 0.1) is 26.9 Å². The minimum absolute atomic E-state index is 0.447. The second kappa shape index (κ2) is 9.44. The van der Waals surface area contributed by atoms with Crippen molar-refractivity contribution in [2.45, 2.75) is 25.7 Å². The van der Waals surface area contributed by atoms with Gasteiger partial charge in [0.1, 0.15) is 0 Å². The van der Waals surface area contributed by atoms with Gasteiger partial charge in [-0.05, 0) is 30.9 Å². The van der Waals surface area contributed by atoms with Gasteiger partial charge in [0.2, 0.25) is 0 Å². The van der Waals surface area contributed by atoms with Crippen LogP contribution >= 0.6 is 0 Å². The van der Waals surface area contributed by atoms with E-state index >= 15 is 0 Å². The molecule has 0 fully saturated rings. The molecule has 2 aromatic carbocycles. The Balaban J connectivity index is 0.000000211. The lowest BCUT2D eigenvalue weighted by molar-refractivity contribution is -0.404. The number of aromatic hydroxyl groups is 1. The molecule has 0 saturated heterocycles. The topological polar surface area (TPSA) is 153 Å². The summed E-state index contributed by atoms with van der Waals surface area (Å²) in [5, 5.41) is 40.2. The molecule has 11 heteroatoms. The Morgan fingerprint density at radius 3 is 2.03 bits per heavy atom. The number of fused-ring (bicyclic) bond motifs is 1. The minimum Gasteiger partial charge on any atom is -0.497 e. The average Bonchev–Trinajstić information content (AvgIpc) is 2.66. The van der Waals surface area contributed by atoms with E-state index in [9.17, 15) is 30.3 Å².